The van der Waals surface area contributed by atoms with E-state index < -0.39 is 16.0 Å². The lowest BCUT2D eigenvalue weighted by Crippen LogP contribution is -2.24. The normalized spacial score (nSPS) is 11.3. The molecule has 0 aliphatic rings. The number of carboxylic acid groups (broad SMARTS) is 1. The smallest absolute Gasteiger partial charge is 0.303 e. The molecule has 0 aliphatic carbocycles. The fourth-order valence-corrected chi connectivity index (χ4v) is 2.87. The zero-order valence-electron chi connectivity index (χ0n) is 11.9. The highest BCUT2D eigenvalue weighted by atomic mass is 32.2. The van der Waals surface area contributed by atoms with Gasteiger partial charge in [-0.3, -0.25) is 9.59 Å². The Morgan fingerprint density at radius 3 is 2.57 bits per heavy atom. The number of nitrogens with one attached hydrogen (secondary N) is 2. The molecule has 0 aliphatic heterocycles. The molecule has 21 heavy (non-hydrogen) atoms. The van der Waals surface area contributed by atoms with E-state index in [2.05, 4.69) is 10.0 Å². The van der Waals surface area contributed by atoms with Crippen molar-refractivity contribution in [1.82, 2.24) is 14.6 Å². The SMILES string of the molecule is CNC(=O)c1cc(S(=O)(=O)NCCCCC(=O)O)cn1C. The minimum absolute atomic E-state index is 0.00170. The van der Waals surface area contributed by atoms with E-state index in [1.807, 2.05) is 0 Å². The van der Waals surface area contributed by atoms with Gasteiger partial charge in [-0.15, -0.1) is 0 Å². The van der Waals surface area contributed by atoms with Crippen molar-refractivity contribution in [2.24, 2.45) is 7.05 Å². The van der Waals surface area contributed by atoms with Crippen molar-refractivity contribution in [1.29, 1.82) is 0 Å². The number of carbonyl (C=O) groups excluding carboxylic acids is 1. The van der Waals surface area contributed by atoms with Gasteiger partial charge in [0.1, 0.15) is 10.6 Å². The maximum Gasteiger partial charge on any atom is 0.303 e. The molecule has 1 rings (SSSR count). The summed E-state index contributed by atoms with van der Waals surface area (Å²) in [7, 11) is -0.660. The Bertz CT molecular complexity index is 621. The minimum atomic E-state index is -3.70. The van der Waals surface area contributed by atoms with Gasteiger partial charge in [-0.25, -0.2) is 13.1 Å². The van der Waals surface area contributed by atoms with Crippen LogP contribution in [-0.2, 0) is 21.9 Å². The highest BCUT2D eigenvalue weighted by Gasteiger charge is 2.19. The third-order valence-corrected chi connectivity index (χ3v) is 4.29. The summed E-state index contributed by atoms with van der Waals surface area (Å²) in [5.41, 5.74) is 0.240. The average molecular weight is 317 g/mol. The third kappa shape index (κ3) is 4.87. The van der Waals surface area contributed by atoms with Crippen LogP contribution < -0.4 is 10.0 Å². The molecule has 0 saturated heterocycles. The fourth-order valence-electron chi connectivity index (χ4n) is 1.73. The monoisotopic (exact) mass is 317 g/mol. The summed E-state index contributed by atoms with van der Waals surface area (Å²) < 4.78 is 27.9. The summed E-state index contributed by atoms with van der Waals surface area (Å²) in [4.78, 5) is 21.9. The highest BCUT2D eigenvalue weighted by molar-refractivity contribution is 7.89. The molecule has 0 spiro atoms. The van der Waals surface area contributed by atoms with Gasteiger partial charge in [0.15, 0.2) is 0 Å². The maximum absolute atomic E-state index is 12.0. The molecule has 1 aromatic heterocycles. The number of aliphatic carboxylic acids is 1. The summed E-state index contributed by atoms with van der Waals surface area (Å²) in [6.07, 6.45) is 2.19. The number of aromatic nitrogens is 1. The predicted octanol–water partition coefficient (Wildman–Crippen LogP) is -0.0821. The van der Waals surface area contributed by atoms with Crippen LogP contribution in [0.15, 0.2) is 17.2 Å². The van der Waals surface area contributed by atoms with E-state index in [0.717, 1.165) is 0 Å². The zero-order valence-corrected chi connectivity index (χ0v) is 12.7. The summed E-state index contributed by atoms with van der Waals surface area (Å²) in [6.45, 7) is 0.153. The van der Waals surface area contributed by atoms with Crippen LogP contribution in [0.2, 0.25) is 0 Å². The lowest BCUT2D eigenvalue weighted by Gasteiger charge is -2.03. The second-order valence-electron chi connectivity index (χ2n) is 4.50. The standard InChI is InChI=1S/C12H19N3O5S/c1-13-12(18)10-7-9(8-15(10)2)21(19,20)14-6-4-3-5-11(16)17/h7-8,14H,3-6H2,1-2H3,(H,13,18)(H,16,17). The van der Waals surface area contributed by atoms with Crippen LogP contribution in [0.5, 0.6) is 0 Å². The molecule has 0 bridgehead atoms. The van der Waals surface area contributed by atoms with E-state index in [9.17, 15) is 18.0 Å². The van der Waals surface area contributed by atoms with Gasteiger partial charge in [0.25, 0.3) is 5.91 Å². The molecule has 1 amide bonds. The lowest BCUT2D eigenvalue weighted by molar-refractivity contribution is -0.137. The summed E-state index contributed by atoms with van der Waals surface area (Å²) in [5, 5.41) is 10.9. The van der Waals surface area contributed by atoms with Gasteiger partial charge >= 0.3 is 5.97 Å². The fraction of sp³-hybridized carbons (Fsp3) is 0.500. The first-order chi connectivity index (χ1) is 9.77. The second kappa shape index (κ2) is 7.23. The number of hydrogen-bond acceptors (Lipinski definition) is 4. The lowest BCUT2D eigenvalue weighted by atomic mass is 10.2. The number of carbonyl (C=O) groups is 2. The first kappa shape index (κ1) is 17.2. The van der Waals surface area contributed by atoms with Crippen LogP contribution in [0.4, 0.5) is 0 Å². The molecule has 118 valence electrons. The molecular weight excluding hydrogens is 298 g/mol. The number of aryl methyl sites for hydroxylation is 1. The van der Waals surface area contributed by atoms with Gasteiger partial charge in [-0.2, -0.15) is 0 Å². The van der Waals surface area contributed by atoms with Crippen molar-refractivity contribution in [2.45, 2.75) is 24.2 Å². The molecule has 0 saturated carbocycles. The third-order valence-electron chi connectivity index (χ3n) is 2.86. The number of hydrogen-bond donors (Lipinski definition) is 3. The minimum Gasteiger partial charge on any atom is -0.481 e. The van der Waals surface area contributed by atoms with Crippen LogP contribution in [0, 0.1) is 0 Å². The van der Waals surface area contributed by atoms with Crippen LogP contribution in [-0.4, -0.2) is 43.6 Å². The van der Waals surface area contributed by atoms with Crippen molar-refractivity contribution in [3.63, 3.8) is 0 Å². The van der Waals surface area contributed by atoms with Crippen LogP contribution in [0.3, 0.4) is 0 Å². The van der Waals surface area contributed by atoms with Gasteiger partial charge in [-0.1, -0.05) is 0 Å². The Balaban J connectivity index is 2.66. The van der Waals surface area contributed by atoms with Gasteiger partial charge < -0.3 is 15.0 Å². The Kier molecular flexibility index (Phi) is 5.91. The van der Waals surface area contributed by atoms with Crippen molar-refractivity contribution < 1.29 is 23.1 Å². The van der Waals surface area contributed by atoms with Crippen LogP contribution >= 0.6 is 0 Å². The van der Waals surface area contributed by atoms with Gasteiger partial charge in [-0.05, 0) is 18.9 Å². The topological polar surface area (TPSA) is 118 Å². The molecule has 3 N–H and O–H groups in total. The molecule has 0 aromatic carbocycles. The van der Waals surface area contributed by atoms with Gasteiger partial charge in [0.05, 0.1) is 0 Å². The number of unbranched alkanes of at least 4 members (excludes halogenated alkanes) is 1. The number of sulfonamides is 1. The van der Waals surface area contributed by atoms with Crippen molar-refractivity contribution in [2.75, 3.05) is 13.6 Å². The largest absolute Gasteiger partial charge is 0.481 e. The zero-order chi connectivity index (χ0) is 16.0. The van der Waals surface area contributed by atoms with Gasteiger partial charge in [0.2, 0.25) is 10.0 Å². The molecule has 0 atom stereocenters. The van der Waals surface area contributed by atoms with Crippen molar-refractivity contribution in [3.05, 3.63) is 18.0 Å². The number of nitrogens with zero attached hydrogens (tertiary/aromatic N) is 1. The van der Waals surface area contributed by atoms with Crippen molar-refractivity contribution >= 4 is 21.9 Å². The van der Waals surface area contributed by atoms with E-state index in [-0.39, 0.29) is 29.5 Å². The van der Waals surface area contributed by atoms with E-state index in [0.29, 0.717) is 12.8 Å². The Morgan fingerprint density at radius 2 is 2.00 bits per heavy atom. The van der Waals surface area contributed by atoms with E-state index in [1.54, 1.807) is 7.05 Å². The van der Waals surface area contributed by atoms with Crippen LogP contribution in [0.25, 0.3) is 0 Å². The number of amides is 1. The molecule has 1 aromatic rings. The molecule has 0 unspecified atom stereocenters. The first-order valence-electron chi connectivity index (χ1n) is 6.38. The second-order valence-corrected chi connectivity index (χ2v) is 6.27. The Labute approximate surface area is 123 Å². The molecule has 0 fully saturated rings. The number of carboxylic acids is 1. The van der Waals surface area contributed by atoms with E-state index in [4.69, 9.17) is 5.11 Å². The van der Waals surface area contributed by atoms with Gasteiger partial charge in [0, 0.05) is 33.3 Å². The quantitative estimate of drug-likeness (QED) is 0.580. The molecule has 9 heteroatoms. The Morgan fingerprint density at radius 1 is 1.33 bits per heavy atom. The summed E-state index contributed by atoms with van der Waals surface area (Å²) in [6, 6.07) is 1.29. The van der Waals surface area contributed by atoms with Crippen LogP contribution in [0.1, 0.15) is 29.8 Å². The summed E-state index contributed by atoms with van der Waals surface area (Å²) in [5.74, 6) is -1.28. The molecular formula is C12H19N3O5S. The molecule has 8 nitrogen and oxygen atoms in total. The first-order valence-corrected chi connectivity index (χ1v) is 7.86. The van der Waals surface area contributed by atoms with E-state index >= 15 is 0 Å². The summed E-state index contributed by atoms with van der Waals surface area (Å²) >= 11 is 0. The predicted molar refractivity (Wildman–Crippen MR) is 75.5 cm³/mol. The molecule has 1 heterocycles. The average Bonchev–Trinajstić information content (AvgIpc) is 2.80. The van der Waals surface area contributed by atoms with Crippen molar-refractivity contribution in [3.8, 4) is 0 Å². The maximum atomic E-state index is 12.0. The highest BCUT2D eigenvalue weighted by Crippen LogP contribution is 2.13. The Hall–Kier alpha value is -1.87. The number of rotatable bonds is 8. The molecule has 0 radical (unpaired) electrons. The van der Waals surface area contributed by atoms with E-state index in [1.165, 1.54) is 23.9 Å².